The standard InChI is InChI=1S/C29H24BrNO5/c1-16-23(29(33)35-3)24(25-26(31-16)19-11-7-8-12-20(19)27(25)32)18-13-21(30)28(22(14-18)34-2)36-15-17-9-5-4-6-10-17/h4-14,24,31H,15H2,1-3H3/t24-/m0/s1. The van der Waals surface area contributed by atoms with Crippen molar-refractivity contribution in [2.24, 2.45) is 0 Å². The predicted octanol–water partition coefficient (Wildman–Crippen LogP) is 5.78. The number of allylic oxidation sites excluding steroid dienone is 2. The predicted molar refractivity (Wildman–Crippen MR) is 140 cm³/mol. The van der Waals surface area contributed by atoms with Gasteiger partial charge in [-0.05, 0) is 46.1 Å². The van der Waals surface area contributed by atoms with E-state index in [0.717, 1.165) is 11.1 Å². The summed E-state index contributed by atoms with van der Waals surface area (Å²) >= 11 is 3.63. The van der Waals surface area contributed by atoms with E-state index in [2.05, 4.69) is 21.2 Å². The van der Waals surface area contributed by atoms with Crippen molar-refractivity contribution in [3.8, 4) is 11.5 Å². The summed E-state index contributed by atoms with van der Waals surface area (Å²) in [6.45, 7) is 2.18. The van der Waals surface area contributed by atoms with Crippen molar-refractivity contribution in [3.63, 3.8) is 0 Å². The number of halogens is 1. The zero-order valence-corrected chi connectivity index (χ0v) is 21.6. The van der Waals surface area contributed by atoms with Gasteiger partial charge in [-0.2, -0.15) is 0 Å². The SMILES string of the molecule is COC(=O)C1=C(C)NC2=C(C(=O)c3ccccc32)[C@H]1c1cc(Br)c(OCc2ccccc2)c(OC)c1. The Bertz CT molecular complexity index is 1440. The number of carbonyl (C=O) groups is 2. The molecule has 2 aliphatic rings. The molecule has 1 heterocycles. The second kappa shape index (κ2) is 9.66. The lowest BCUT2D eigenvalue weighted by atomic mass is 9.79. The van der Waals surface area contributed by atoms with Crippen LogP contribution < -0.4 is 14.8 Å². The highest BCUT2D eigenvalue weighted by Gasteiger charge is 2.43. The number of esters is 1. The van der Waals surface area contributed by atoms with Gasteiger partial charge in [-0.3, -0.25) is 4.79 Å². The van der Waals surface area contributed by atoms with Gasteiger partial charge in [-0.1, -0.05) is 54.6 Å². The number of ether oxygens (including phenoxy) is 3. The largest absolute Gasteiger partial charge is 0.493 e. The number of hydrogen-bond donors (Lipinski definition) is 1. The number of dihydropyridines is 1. The van der Waals surface area contributed by atoms with Crippen molar-refractivity contribution in [3.05, 3.63) is 110 Å². The molecule has 0 saturated heterocycles. The molecule has 0 aromatic heterocycles. The molecule has 5 rings (SSSR count). The van der Waals surface area contributed by atoms with Crippen molar-refractivity contribution < 1.29 is 23.8 Å². The summed E-state index contributed by atoms with van der Waals surface area (Å²) in [5.41, 5.74) is 5.39. The van der Waals surface area contributed by atoms with Gasteiger partial charge in [0.1, 0.15) is 6.61 Å². The second-order valence-corrected chi connectivity index (χ2v) is 9.41. The van der Waals surface area contributed by atoms with Crippen LogP contribution in [0.25, 0.3) is 5.70 Å². The molecular formula is C29H24BrNO5. The van der Waals surface area contributed by atoms with Gasteiger partial charge in [0.05, 0.1) is 30.0 Å². The Labute approximate surface area is 217 Å². The molecule has 0 spiro atoms. The monoisotopic (exact) mass is 545 g/mol. The minimum absolute atomic E-state index is 0.119. The van der Waals surface area contributed by atoms with E-state index >= 15 is 0 Å². The number of hydrogen-bond acceptors (Lipinski definition) is 6. The lowest BCUT2D eigenvalue weighted by Gasteiger charge is -2.29. The van der Waals surface area contributed by atoms with Gasteiger partial charge < -0.3 is 19.5 Å². The first-order valence-electron chi connectivity index (χ1n) is 11.4. The van der Waals surface area contributed by atoms with E-state index in [0.29, 0.717) is 56.2 Å². The summed E-state index contributed by atoms with van der Waals surface area (Å²) in [6.07, 6.45) is 0. The minimum Gasteiger partial charge on any atom is -0.493 e. The molecule has 182 valence electrons. The molecule has 1 aliphatic heterocycles. The molecule has 1 N–H and O–H groups in total. The molecule has 36 heavy (non-hydrogen) atoms. The molecule has 7 heteroatoms. The number of Topliss-reactive ketones (excluding diaryl/α,β-unsaturated/α-hetero) is 1. The Morgan fingerprint density at radius 2 is 1.69 bits per heavy atom. The van der Waals surface area contributed by atoms with E-state index in [1.54, 1.807) is 13.2 Å². The van der Waals surface area contributed by atoms with Gasteiger partial charge >= 0.3 is 5.97 Å². The average Bonchev–Trinajstić information content (AvgIpc) is 3.18. The zero-order chi connectivity index (χ0) is 25.4. The highest BCUT2D eigenvalue weighted by molar-refractivity contribution is 9.10. The Morgan fingerprint density at radius 1 is 1.00 bits per heavy atom. The van der Waals surface area contributed by atoms with Gasteiger partial charge in [0.2, 0.25) is 0 Å². The van der Waals surface area contributed by atoms with Crippen LogP contribution in [0.2, 0.25) is 0 Å². The van der Waals surface area contributed by atoms with Crippen molar-refractivity contribution in [2.45, 2.75) is 19.4 Å². The smallest absolute Gasteiger partial charge is 0.336 e. The van der Waals surface area contributed by atoms with Crippen LogP contribution in [0.5, 0.6) is 11.5 Å². The van der Waals surface area contributed by atoms with Crippen molar-refractivity contribution in [1.29, 1.82) is 0 Å². The first-order chi connectivity index (χ1) is 17.4. The number of rotatable bonds is 6. The van der Waals surface area contributed by atoms with Crippen molar-refractivity contribution in [1.82, 2.24) is 5.32 Å². The number of nitrogens with one attached hydrogen (secondary N) is 1. The van der Waals surface area contributed by atoms with Gasteiger partial charge in [0, 0.05) is 28.3 Å². The van der Waals surface area contributed by atoms with Crippen LogP contribution in [0.4, 0.5) is 0 Å². The van der Waals surface area contributed by atoms with Gasteiger partial charge in [-0.25, -0.2) is 4.79 Å². The Morgan fingerprint density at radius 3 is 2.39 bits per heavy atom. The van der Waals surface area contributed by atoms with Crippen LogP contribution >= 0.6 is 15.9 Å². The molecule has 0 amide bonds. The topological polar surface area (TPSA) is 73.9 Å². The van der Waals surface area contributed by atoms with Crippen LogP contribution in [-0.4, -0.2) is 26.0 Å². The fraction of sp³-hybridized carbons (Fsp3) is 0.172. The fourth-order valence-corrected chi connectivity index (χ4v) is 5.39. The van der Waals surface area contributed by atoms with Crippen molar-refractivity contribution in [2.75, 3.05) is 14.2 Å². The van der Waals surface area contributed by atoms with Crippen LogP contribution in [0.15, 0.2) is 88.0 Å². The quantitative estimate of drug-likeness (QED) is 0.396. The first-order valence-corrected chi connectivity index (χ1v) is 12.2. The van der Waals surface area contributed by atoms with Crippen LogP contribution in [0.3, 0.4) is 0 Å². The third-order valence-corrected chi connectivity index (χ3v) is 7.05. The lowest BCUT2D eigenvalue weighted by molar-refractivity contribution is -0.136. The fourth-order valence-electron chi connectivity index (χ4n) is 4.82. The summed E-state index contributed by atoms with van der Waals surface area (Å²) in [4.78, 5) is 26.6. The third-order valence-electron chi connectivity index (χ3n) is 6.47. The van der Waals surface area contributed by atoms with E-state index in [-0.39, 0.29) is 5.78 Å². The maximum absolute atomic E-state index is 13.6. The van der Waals surface area contributed by atoms with Gasteiger partial charge in [0.25, 0.3) is 0 Å². The first kappa shape index (κ1) is 23.9. The van der Waals surface area contributed by atoms with E-state index in [1.807, 2.05) is 67.6 Å². The molecule has 6 nitrogen and oxygen atoms in total. The summed E-state index contributed by atoms with van der Waals surface area (Å²) < 4.78 is 17.6. The molecule has 3 aromatic carbocycles. The van der Waals surface area contributed by atoms with E-state index < -0.39 is 11.9 Å². The number of ketones is 1. The molecular weight excluding hydrogens is 522 g/mol. The lowest BCUT2D eigenvalue weighted by Crippen LogP contribution is -2.29. The van der Waals surface area contributed by atoms with Crippen LogP contribution in [-0.2, 0) is 16.1 Å². The molecule has 1 atom stereocenters. The van der Waals surface area contributed by atoms with E-state index in [1.165, 1.54) is 7.11 Å². The third kappa shape index (κ3) is 3.99. The highest BCUT2D eigenvalue weighted by Crippen LogP contribution is 2.49. The molecule has 1 aliphatic carbocycles. The molecule has 0 unspecified atom stereocenters. The van der Waals surface area contributed by atoms with Crippen LogP contribution in [0, 0.1) is 0 Å². The Kier molecular flexibility index (Phi) is 6.41. The number of methoxy groups -OCH3 is 2. The van der Waals surface area contributed by atoms with Gasteiger partial charge in [-0.15, -0.1) is 0 Å². The minimum atomic E-state index is -0.651. The molecule has 0 saturated carbocycles. The second-order valence-electron chi connectivity index (χ2n) is 8.56. The molecule has 0 fully saturated rings. The normalized spacial score (nSPS) is 16.3. The molecule has 0 bridgehead atoms. The van der Waals surface area contributed by atoms with Crippen LogP contribution in [0.1, 0.15) is 39.9 Å². The molecule has 3 aromatic rings. The summed E-state index contributed by atoms with van der Waals surface area (Å²) in [7, 11) is 2.90. The number of carbonyl (C=O) groups excluding carboxylic acids is 2. The maximum Gasteiger partial charge on any atom is 0.336 e. The van der Waals surface area contributed by atoms with Gasteiger partial charge in [0.15, 0.2) is 17.3 Å². The Balaban J connectivity index is 1.62. The van der Waals surface area contributed by atoms with Crippen molar-refractivity contribution >= 4 is 33.4 Å². The summed E-state index contributed by atoms with van der Waals surface area (Å²) in [6, 6.07) is 21.0. The Hall–Kier alpha value is -3.84. The van der Waals surface area contributed by atoms with E-state index in [4.69, 9.17) is 14.2 Å². The zero-order valence-electron chi connectivity index (χ0n) is 20.1. The summed E-state index contributed by atoms with van der Waals surface area (Å²) in [5.74, 6) is -0.247. The maximum atomic E-state index is 13.6. The highest BCUT2D eigenvalue weighted by atomic mass is 79.9. The summed E-state index contributed by atoms with van der Waals surface area (Å²) in [5, 5.41) is 3.29. The average molecular weight is 546 g/mol. The molecule has 0 radical (unpaired) electrons. The number of benzene rings is 3. The van der Waals surface area contributed by atoms with E-state index in [9.17, 15) is 9.59 Å². The number of fused-ring (bicyclic) bond motifs is 2.